The summed E-state index contributed by atoms with van der Waals surface area (Å²) in [6.07, 6.45) is 2.77. The Kier molecular flexibility index (Phi) is 5.91. The van der Waals surface area contributed by atoms with Crippen LogP contribution in [0.3, 0.4) is 0 Å². The lowest BCUT2D eigenvalue weighted by Gasteiger charge is -2.15. The fraction of sp³-hybridized carbons (Fsp3) is 0.294. The van der Waals surface area contributed by atoms with Crippen molar-refractivity contribution >= 4 is 17.4 Å². The van der Waals surface area contributed by atoms with Crippen LogP contribution in [0, 0.1) is 0 Å². The standard InChI is InChI=1S/C17H22N4O/c1-13(14-6-3-2-4-7-14)20-16-10-9-15(12-19-16)21-17(22)8-5-11-18/h2-4,6-7,9-10,12-13H,5,8,11,18H2,1H3,(H,19,20)(H,21,22). The topological polar surface area (TPSA) is 80.0 Å². The van der Waals surface area contributed by atoms with E-state index < -0.39 is 0 Å². The first-order chi connectivity index (χ1) is 10.7. The summed E-state index contributed by atoms with van der Waals surface area (Å²) in [4.78, 5) is 15.9. The van der Waals surface area contributed by atoms with E-state index in [0.717, 1.165) is 5.82 Å². The van der Waals surface area contributed by atoms with Gasteiger partial charge in [-0.05, 0) is 37.6 Å². The number of pyridine rings is 1. The Morgan fingerprint density at radius 2 is 2.00 bits per heavy atom. The number of nitrogens with zero attached hydrogens (tertiary/aromatic N) is 1. The third-order valence-electron chi connectivity index (χ3n) is 3.32. The number of nitrogens with two attached hydrogens (primary N) is 1. The van der Waals surface area contributed by atoms with Gasteiger partial charge in [0.25, 0.3) is 0 Å². The molecule has 2 aromatic rings. The van der Waals surface area contributed by atoms with Crippen LogP contribution in [0.15, 0.2) is 48.7 Å². The summed E-state index contributed by atoms with van der Waals surface area (Å²) in [6, 6.07) is 14.0. The largest absolute Gasteiger partial charge is 0.364 e. The lowest BCUT2D eigenvalue weighted by molar-refractivity contribution is -0.116. The highest BCUT2D eigenvalue weighted by atomic mass is 16.1. The molecule has 1 amide bonds. The minimum atomic E-state index is -0.0365. The summed E-state index contributed by atoms with van der Waals surface area (Å²) < 4.78 is 0. The second kappa shape index (κ2) is 8.14. The van der Waals surface area contributed by atoms with Crippen molar-refractivity contribution in [3.63, 3.8) is 0 Å². The quantitative estimate of drug-likeness (QED) is 0.734. The zero-order valence-electron chi connectivity index (χ0n) is 12.8. The first-order valence-electron chi connectivity index (χ1n) is 7.46. The molecule has 0 saturated carbocycles. The maximum absolute atomic E-state index is 11.6. The van der Waals surface area contributed by atoms with Gasteiger partial charge in [-0.2, -0.15) is 0 Å². The molecule has 1 unspecified atom stereocenters. The molecule has 0 fully saturated rings. The highest BCUT2D eigenvalue weighted by Gasteiger charge is 2.06. The molecule has 4 N–H and O–H groups in total. The molecule has 0 aliphatic carbocycles. The first kappa shape index (κ1) is 16.0. The molecule has 5 nitrogen and oxygen atoms in total. The third-order valence-corrected chi connectivity index (χ3v) is 3.32. The summed E-state index contributed by atoms with van der Waals surface area (Å²) >= 11 is 0. The molecule has 0 aliphatic rings. The maximum Gasteiger partial charge on any atom is 0.224 e. The van der Waals surface area contributed by atoms with Gasteiger partial charge in [0, 0.05) is 12.5 Å². The molecule has 0 spiro atoms. The van der Waals surface area contributed by atoms with Crippen LogP contribution in [0.25, 0.3) is 0 Å². The molecule has 1 atom stereocenters. The summed E-state index contributed by atoms with van der Waals surface area (Å²) in [5, 5.41) is 6.14. The van der Waals surface area contributed by atoms with Gasteiger partial charge in [0.1, 0.15) is 5.82 Å². The smallest absolute Gasteiger partial charge is 0.224 e. The van der Waals surface area contributed by atoms with Gasteiger partial charge in [-0.1, -0.05) is 30.3 Å². The molecule has 5 heteroatoms. The van der Waals surface area contributed by atoms with Gasteiger partial charge in [-0.15, -0.1) is 0 Å². The predicted octanol–water partition coefficient (Wildman–Crippen LogP) is 2.93. The summed E-state index contributed by atoms with van der Waals surface area (Å²) in [5.74, 6) is 0.738. The molecule has 116 valence electrons. The zero-order valence-corrected chi connectivity index (χ0v) is 12.8. The lowest BCUT2D eigenvalue weighted by Crippen LogP contribution is -2.14. The van der Waals surface area contributed by atoms with Crippen LogP contribution in [-0.2, 0) is 4.79 Å². The number of nitrogens with one attached hydrogen (secondary N) is 2. The molecule has 0 saturated heterocycles. The van der Waals surface area contributed by atoms with Crippen molar-refractivity contribution in [2.24, 2.45) is 5.73 Å². The number of anilines is 2. The summed E-state index contributed by atoms with van der Waals surface area (Å²) in [7, 11) is 0. The minimum absolute atomic E-state index is 0.0365. The van der Waals surface area contributed by atoms with E-state index in [4.69, 9.17) is 5.73 Å². The zero-order chi connectivity index (χ0) is 15.8. The predicted molar refractivity (Wildman–Crippen MR) is 89.6 cm³/mol. The first-order valence-corrected chi connectivity index (χ1v) is 7.46. The van der Waals surface area contributed by atoms with E-state index in [0.29, 0.717) is 25.1 Å². The van der Waals surface area contributed by atoms with Crippen molar-refractivity contribution in [3.05, 3.63) is 54.2 Å². The molecule has 1 aromatic heterocycles. The maximum atomic E-state index is 11.6. The van der Waals surface area contributed by atoms with Crippen molar-refractivity contribution in [2.75, 3.05) is 17.2 Å². The molecular formula is C17H22N4O. The molecule has 1 heterocycles. The van der Waals surface area contributed by atoms with Gasteiger partial charge in [-0.3, -0.25) is 4.79 Å². The second-order valence-corrected chi connectivity index (χ2v) is 5.15. The molecule has 0 radical (unpaired) electrons. The monoisotopic (exact) mass is 298 g/mol. The Hall–Kier alpha value is -2.40. The highest BCUT2D eigenvalue weighted by molar-refractivity contribution is 5.90. The van der Waals surface area contributed by atoms with Crippen molar-refractivity contribution < 1.29 is 4.79 Å². The molecular weight excluding hydrogens is 276 g/mol. The number of carbonyl (C=O) groups is 1. The fourth-order valence-electron chi connectivity index (χ4n) is 2.09. The lowest BCUT2D eigenvalue weighted by atomic mass is 10.1. The van der Waals surface area contributed by atoms with Crippen LogP contribution in [0.1, 0.15) is 31.4 Å². The number of carbonyl (C=O) groups excluding carboxylic acids is 1. The van der Waals surface area contributed by atoms with E-state index in [2.05, 4.69) is 34.7 Å². The molecule has 0 aliphatic heterocycles. The number of hydrogen-bond acceptors (Lipinski definition) is 4. The average Bonchev–Trinajstić information content (AvgIpc) is 2.55. The van der Waals surface area contributed by atoms with Crippen molar-refractivity contribution in [3.8, 4) is 0 Å². The van der Waals surface area contributed by atoms with Gasteiger partial charge in [0.05, 0.1) is 11.9 Å². The van der Waals surface area contributed by atoms with Crippen LogP contribution in [-0.4, -0.2) is 17.4 Å². The van der Waals surface area contributed by atoms with Crippen LogP contribution in [0.2, 0.25) is 0 Å². The van der Waals surface area contributed by atoms with Gasteiger partial charge in [0.2, 0.25) is 5.91 Å². The van der Waals surface area contributed by atoms with E-state index in [1.807, 2.05) is 30.3 Å². The number of amides is 1. The van der Waals surface area contributed by atoms with Crippen LogP contribution >= 0.6 is 0 Å². The molecule has 2 rings (SSSR count). The van der Waals surface area contributed by atoms with Gasteiger partial charge in [-0.25, -0.2) is 4.98 Å². The van der Waals surface area contributed by atoms with Crippen LogP contribution < -0.4 is 16.4 Å². The Morgan fingerprint density at radius 1 is 1.23 bits per heavy atom. The number of rotatable bonds is 7. The van der Waals surface area contributed by atoms with Gasteiger partial charge in [0.15, 0.2) is 0 Å². The van der Waals surface area contributed by atoms with E-state index >= 15 is 0 Å². The van der Waals surface area contributed by atoms with Gasteiger partial charge < -0.3 is 16.4 Å². The van der Waals surface area contributed by atoms with Crippen molar-refractivity contribution in [2.45, 2.75) is 25.8 Å². The van der Waals surface area contributed by atoms with Crippen molar-refractivity contribution in [1.29, 1.82) is 0 Å². The van der Waals surface area contributed by atoms with Crippen LogP contribution in [0.5, 0.6) is 0 Å². The Bertz CT molecular complexity index is 583. The van der Waals surface area contributed by atoms with Crippen LogP contribution in [0.4, 0.5) is 11.5 Å². The molecule has 22 heavy (non-hydrogen) atoms. The number of aromatic nitrogens is 1. The van der Waals surface area contributed by atoms with E-state index in [9.17, 15) is 4.79 Å². The minimum Gasteiger partial charge on any atom is -0.364 e. The van der Waals surface area contributed by atoms with Gasteiger partial charge >= 0.3 is 0 Å². The SMILES string of the molecule is CC(Nc1ccc(NC(=O)CCCN)cn1)c1ccccc1. The Labute approximate surface area is 130 Å². The average molecular weight is 298 g/mol. The highest BCUT2D eigenvalue weighted by Crippen LogP contribution is 2.18. The van der Waals surface area contributed by atoms with Crippen molar-refractivity contribution in [1.82, 2.24) is 4.98 Å². The second-order valence-electron chi connectivity index (χ2n) is 5.15. The van der Waals surface area contributed by atoms with E-state index in [1.54, 1.807) is 6.20 Å². The summed E-state index contributed by atoms with van der Waals surface area (Å²) in [5.41, 5.74) is 7.28. The molecule has 1 aromatic carbocycles. The number of hydrogen-bond donors (Lipinski definition) is 3. The number of benzene rings is 1. The normalized spacial score (nSPS) is 11.7. The summed E-state index contributed by atoms with van der Waals surface area (Å²) in [6.45, 7) is 2.60. The Morgan fingerprint density at radius 3 is 2.64 bits per heavy atom. The fourth-order valence-corrected chi connectivity index (χ4v) is 2.09. The third kappa shape index (κ3) is 4.86. The molecule has 0 bridgehead atoms. The Balaban J connectivity index is 1.90. The van der Waals surface area contributed by atoms with E-state index in [-0.39, 0.29) is 11.9 Å². The van der Waals surface area contributed by atoms with E-state index in [1.165, 1.54) is 5.56 Å².